The van der Waals surface area contributed by atoms with Crippen LogP contribution in [0, 0.1) is 27.7 Å². The zero-order valence-corrected chi connectivity index (χ0v) is 23.0. The Bertz CT molecular complexity index is 1170. The third-order valence-electron chi connectivity index (χ3n) is 7.84. The lowest BCUT2D eigenvalue weighted by Crippen LogP contribution is -2.01. The van der Waals surface area contributed by atoms with Gasteiger partial charge < -0.3 is 0 Å². The quantitative estimate of drug-likeness (QED) is 0.253. The Morgan fingerprint density at radius 1 is 0.857 bits per heavy atom. The molecule has 0 nitrogen and oxygen atoms in total. The average molecular weight is 469 g/mol. The molecule has 35 heavy (non-hydrogen) atoms. The molecule has 0 heteroatoms. The van der Waals surface area contributed by atoms with E-state index >= 15 is 0 Å². The first kappa shape index (κ1) is 28.6. The second kappa shape index (κ2) is 11.9. The minimum Gasteiger partial charge on any atom is -0.0958 e. The van der Waals surface area contributed by atoms with Gasteiger partial charge in [0.05, 0.1) is 0 Å². The summed E-state index contributed by atoms with van der Waals surface area (Å²) in [5, 5.41) is 0. The number of aryl methyl sites for hydroxylation is 4. The molecule has 2 aromatic rings. The smallest absolute Gasteiger partial charge is 0.000810 e. The lowest BCUT2D eigenvalue weighted by Gasteiger charge is -2.19. The molecule has 188 valence electrons. The summed E-state index contributed by atoms with van der Waals surface area (Å²) in [5.74, 6) is 0. The third kappa shape index (κ3) is 5.97. The molecule has 1 aliphatic carbocycles. The van der Waals surface area contributed by atoms with E-state index in [-0.39, 0.29) is 7.43 Å². The maximum atomic E-state index is 4.37. The normalized spacial score (nSPS) is 13.4. The molecule has 0 bridgehead atoms. The zero-order chi connectivity index (χ0) is 25.2. The van der Waals surface area contributed by atoms with Gasteiger partial charge in [-0.3, -0.25) is 0 Å². The Kier molecular flexibility index (Phi) is 9.73. The molecular formula is C35H48. The van der Waals surface area contributed by atoms with Gasteiger partial charge in [0.25, 0.3) is 0 Å². The second-order valence-electron chi connectivity index (χ2n) is 10.5. The lowest BCUT2D eigenvalue weighted by molar-refractivity contribution is 0.752. The summed E-state index contributed by atoms with van der Waals surface area (Å²) in [6.45, 7) is 26.5. The molecule has 3 rings (SSSR count). The summed E-state index contributed by atoms with van der Waals surface area (Å²) in [7, 11) is 0. The van der Waals surface area contributed by atoms with E-state index in [1.165, 1.54) is 90.8 Å². The predicted molar refractivity (Wildman–Crippen MR) is 159 cm³/mol. The highest BCUT2D eigenvalue weighted by molar-refractivity contribution is 5.90. The molecule has 0 amide bonds. The van der Waals surface area contributed by atoms with Crippen molar-refractivity contribution >= 4 is 11.1 Å². The van der Waals surface area contributed by atoms with Crippen LogP contribution in [-0.2, 0) is 12.8 Å². The number of hydrogen-bond donors (Lipinski definition) is 0. The molecular weight excluding hydrogens is 420 g/mol. The van der Waals surface area contributed by atoms with Gasteiger partial charge in [-0.15, -0.1) is 0 Å². The Morgan fingerprint density at radius 3 is 2.00 bits per heavy atom. The number of fused-ring (bicyclic) bond motifs is 1. The molecule has 0 aromatic heterocycles. The highest BCUT2D eigenvalue weighted by atomic mass is 14.3. The van der Waals surface area contributed by atoms with Gasteiger partial charge in [-0.05, 0) is 148 Å². The van der Waals surface area contributed by atoms with E-state index in [1.807, 2.05) is 0 Å². The molecule has 0 heterocycles. The van der Waals surface area contributed by atoms with Crippen LogP contribution in [0.2, 0.25) is 0 Å². The molecule has 0 N–H and O–H groups in total. The predicted octanol–water partition coefficient (Wildman–Crippen LogP) is 10.6. The van der Waals surface area contributed by atoms with Crippen LogP contribution in [0.1, 0.15) is 105 Å². The van der Waals surface area contributed by atoms with Crippen LogP contribution >= 0.6 is 0 Å². The van der Waals surface area contributed by atoms with Crippen molar-refractivity contribution in [2.75, 3.05) is 0 Å². The summed E-state index contributed by atoms with van der Waals surface area (Å²) >= 11 is 0. The highest BCUT2D eigenvalue weighted by Crippen LogP contribution is 2.44. The Hall–Kier alpha value is -2.60. The number of benzene rings is 2. The number of hydrogen-bond acceptors (Lipinski definition) is 0. The van der Waals surface area contributed by atoms with E-state index in [0.29, 0.717) is 0 Å². The topological polar surface area (TPSA) is 0 Å². The second-order valence-corrected chi connectivity index (χ2v) is 10.5. The first-order valence-electron chi connectivity index (χ1n) is 13.0. The molecule has 0 saturated heterocycles. The maximum Gasteiger partial charge on any atom is -0.000810 e. The van der Waals surface area contributed by atoms with Crippen molar-refractivity contribution in [2.24, 2.45) is 0 Å². The SMILES string of the molecule is C.C=C(C)C1=C(CCCCc2cc(C)c(C)c(C)c2)c2ccc(C)c(/C(C(=C)C)=C(\C)CC)c2C1. The third-order valence-corrected chi connectivity index (χ3v) is 7.84. The number of rotatable bonds is 9. The fourth-order valence-electron chi connectivity index (χ4n) is 5.59. The first-order valence-corrected chi connectivity index (χ1v) is 13.0. The van der Waals surface area contributed by atoms with Crippen LogP contribution in [0.15, 0.2) is 59.7 Å². The van der Waals surface area contributed by atoms with Crippen molar-refractivity contribution in [3.05, 3.63) is 104 Å². The summed E-state index contributed by atoms with van der Waals surface area (Å²) in [5.41, 5.74) is 19.6. The largest absolute Gasteiger partial charge is 0.0958 e. The average Bonchev–Trinajstić information content (AvgIpc) is 3.15. The van der Waals surface area contributed by atoms with Gasteiger partial charge in [0, 0.05) is 0 Å². The van der Waals surface area contributed by atoms with E-state index < -0.39 is 0 Å². The van der Waals surface area contributed by atoms with Crippen molar-refractivity contribution in [1.82, 2.24) is 0 Å². The fourth-order valence-corrected chi connectivity index (χ4v) is 5.59. The highest BCUT2D eigenvalue weighted by Gasteiger charge is 2.26. The van der Waals surface area contributed by atoms with Crippen molar-refractivity contribution in [3.8, 4) is 0 Å². The monoisotopic (exact) mass is 468 g/mol. The zero-order valence-electron chi connectivity index (χ0n) is 23.0. The van der Waals surface area contributed by atoms with E-state index in [1.54, 1.807) is 0 Å². The van der Waals surface area contributed by atoms with Gasteiger partial charge >= 0.3 is 0 Å². The van der Waals surface area contributed by atoms with Crippen molar-refractivity contribution in [1.29, 1.82) is 0 Å². The van der Waals surface area contributed by atoms with Gasteiger partial charge in [0.1, 0.15) is 0 Å². The van der Waals surface area contributed by atoms with Gasteiger partial charge in [-0.1, -0.05) is 68.5 Å². The minimum absolute atomic E-state index is 0. The van der Waals surface area contributed by atoms with E-state index in [4.69, 9.17) is 0 Å². The van der Waals surface area contributed by atoms with Crippen LogP contribution in [-0.4, -0.2) is 0 Å². The molecule has 0 unspecified atom stereocenters. The maximum absolute atomic E-state index is 4.37. The van der Waals surface area contributed by atoms with Crippen LogP contribution in [0.25, 0.3) is 11.1 Å². The van der Waals surface area contributed by atoms with Crippen molar-refractivity contribution in [2.45, 2.75) is 101 Å². The van der Waals surface area contributed by atoms with E-state index in [0.717, 1.165) is 25.7 Å². The molecule has 2 aromatic carbocycles. The van der Waals surface area contributed by atoms with Gasteiger partial charge in [0.2, 0.25) is 0 Å². The minimum atomic E-state index is 0. The lowest BCUT2D eigenvalue weighted by atomic mass is 9.85. The van der Waals surface area contributed by atoms with Crippen LogP contribution in [0.5, 0.6) is 0 Å². The van der Waals surface area contributed by atoms with Crippen molar-refractivity contribution in [3.63, 3.8) is 0 Å². The first-order chi connectivity index (χ1) is 16.1. The van der Waals surface area contributed by atoms with Gasteiger partial charge in [-0.25, -0.2) is 0 Å². The number of unbranched alkanes of at least 4 members (excludes halogenated alkanes) is 1. The van der Waals surface area contributed by atoms with E-state index in [2.05, 4.69) is 92.8 Å². The van der Waals surface area contributed by atoms with E-state index in [9.17, 15) is 0 Å². The van der Waals surface area contributed by atoms with Crippen molar-refractivity contribution < 1.29 is 0 Å². The Labute approximate surface area is 216 Å². The molecule has 0 fully saturated rings. The standard InChI is InChI=1S/C34H44.CH4/c1-11-23(6)33(22(4)5)34-24(7)16-17-30-29(31(21(2)3)20-32(30)34)15-13-12-14-28-18-25(8)27(10)26(9)19-28;/h16-19H,2,4,11-15,20H2,1,3,5-10H3;1H4/b33-23+;. The molecule has 1 aliphatic rings. The van der Waals surface area contributed by atoms with Gasteiger partial charge in [0.15, 0.2) is 0 Å². The fraction of sp³-hybridized carbons (Fsp3) is 0.429. The molecule has 0 atom stereocenters. The Morgan fingerprint density at radius 2 is 1.46 bits per heavy atom. The Balaban J connectivity index is 0.00000432. The summed E-state index contributed by atoms with van der Waals surface area (Å²) in [4.78, 5) is 0. The van der Waals surface area contributed by atoms with Crippen LogP contribution in [0.4, 0.5) is 0 Å². The molecule has 0 radical (unpaired) electrons. The summed E-state index contributed by atoms with van der Waals surface area (Å²) < 4.78 is 0. The van der Waals surface area contributed by atoms with Crippen LogP contribution in [0.3, 0.4) is 0 Å². The number of allylic oxidation sites excluding steroid dienone is 6. The summed E-state index contributed by atoms with van der Waals surface area (Å²) in [6, 6.07) is 9.44. The summed E-state index contributed by atoms with van der Waals surface area (Å²) in [6.07, 6.45) is 6.76. The molecule has 0 saturated carbocycles. The van der Waals surface area contributed by atoms with Crippen LogP contribution < -0.4 is 0 Å². The van der Waals surface area contributed by atoms with Gasteiger partial charge in [-0.2, -0.15) is 0 Å². The molecule has 0 aliphatic heterocycles. The molecule has 0 spiro atoms.